The van der Waals surface area contributed by atoms with E-state index in [9.17, 15) is 26.4 Å². The van der Waals surface area contributed by atoms with Gasteiger partial charge in [0.1, 0.15) is 0 Å². The molecule has 4 nitrogen and oxygen atoms in total. The standard InChI is InChI=1S/C6H9ClF3NO3S/c1-4(3-15(7,13)14)2-11-5(12)6(8,9)10/h4H,2-3H2,1H3,(H,11,12). The van der Waals surface area contributed by atoms with Crippen LogP contribution in [-0.4, -0.2) is 32.8 Å². The number of carbonyl (C=O) groups excluding carboxylic acids is 1. The molecule has 0 aliphatic rings. The summed E-state index contributed by atoms with van der Waals surface area (Å²) in [5.74, 6) is -3.27. The number of carbonyl (C=O) groups is 1. The Kier molecular flexibility index (Phi) is 4.85. The second kappa shape index (κ2) is 5.02. The second-order valence-corrected chi connectivity index (χ2v) is 5.84. The van der Waals surface area contributed by atoms with Crippen LogP contribution >= 0.6 is 10.7 Å². The Labute approximate surface area is 89.2 Å². The molecule has 0 radical (unpaired) electrons. The molecule has 0 aliphatic heterocycles. The predicted octanol–water partition coefficient (Wildman–Crippen LogP) is 0.870. The topological polar surface area (TPSA) is 63.2 Å². The lowest BCUT2D eigenvalue weighted by Gasteiger charge is -2.11. The average Bonchev–Trinajstić information content (AvgIpc) is 1.94. The van der Waals surface area contributed by atoms with Crippen LogP contribution in [0.2, 0.25) is 0 Å². The van der Waals surface area contributed by atoms with Crippen LogP contribution in [0, 0.1) is 5.92 Å². The molecule has 0 bridgehead atoms. The van der Waals surface area contributed by atoms with Crippen LogP contribution in [0.5, 0.6) is 0 Å². The molecule has 9 heteroatoms. The number of halogens is 4. The van der Waals surface area contributed by atoms with E-state index in [0.29, 0.717) is 0 Å². The van der Waals surface area contributed by atoms with Crippen molar-refractivity contribution in [3.05, 3.63) is 0 Å². The Morgan fingerprint density at radius 2 is 1.93 bits per heavy atom. The first-order chi connectivity index (χ1) is 6.52. The highest BCUT2D eigenvalue weighted by Gasteiger charge is 2.38. The van der Waals surface area contributed by atoms with E-state index in [4.69, 9.17) is 10.7 Å². The van der Waals surface area contributed by atoms with Crippen molar-refractivity contribution in [3.8, 4) is 0 Å². The number of hydrogen-bond acceptors (Lipinski definition) is 3. The molecule has 0 heterocycles. The van der Waals surface area contributed by atoms with Gasteiger partial charge in [0.2, 0.25) is 9.05 Å². The maximum Gasteiger partial charge on any atom is 0.471 e. The summed E-state index contributed by atoms with van der Waals surface area (Å²) in [5, 5.41) is 1.56. The van der Waals surface area contributed by atoms with E-state index >= 15 is 0 Å². The first kappa shape index (κ1) is 14.5. The van der Waals surface area contributed by atoms with Gasteiger partial charge in [-0.3, -0.25) is 4.79 Å². The lowest BCUT2D eigenvalue weighted by atomic mass is 10.2. The third kappa shape index (κ3) is 7.43. The summed E-state index contributed by atoms with van der Waals surface area (Å²) in [6.45, 7) is 0.959. The van der Waals surface area contributed by atoms with Gasteiger partial charge in [0.25, 0.3) is 0 Å². The molecule has 0 aromatic rings. The molecule has 0 aromatic carbocycles. The lowest BCUT2D eigenvalue weighted by molar-refractivity contribution is -0.173. The molecule has 0 aliphatic carbocycles. The van der Waals surface area contributed by atoms with Crippen molar-refractivity contribution in [1.82, 2.24) is 5.32 Å². The molecule has 0 rings (SSSR count). The zero-order valence-corrected chi connectivity index (χ0v) is 9.21. The van der Waals surface area contributed by atoms with Crippen LogP contribution in [0.25, 0.3) is 0 Å². The Morgan fingerprint density at radius 1 is 1.47 bits per heavy atom. The molecule has 1 unspecified atom stereocenters. The van der Waals surface area contributed by atoms with Gasteiger partial charge < -0.3 is 5.32 Å². The van der Waals surface area contributed by atoms with Gasteiger partial charge in [-0.05, 0) is 5.92 Å². The van der Waals surface area contributed by atoms with E-state index < -0.39 is 39.3 Å². The van der Waals surface area contributed by atoms with Gasteiger partial charge in [-0.1, -0.05) is 6.92 Å². The Hall–Kier alpha value is -0.500. The number of nitrogens with one attached hydrogen (secondary N) is 1. The van der Waals surface area contributed by atoms with Crippen LogP contribution in [0.4, 0.5) is 13.2 Å². The minimum atomic E-state index is -4.96. The van der Waals surface area contributed by atoms with Crippen molar-refractivity contribution in [2.45, 2.75) is 13.1 Å². The van der Waals surface area contributed by atoms with Crippen molar-refractivity contribution >= 4 is 25.6 Å². The van der Waals surface area contributed by atoms with Crippen molar-refractivity contribution < 1.29 is 26.4 Å². The summed E-state index contributed by atoms with van der Waals surface area (Å²) >= 11 is 0. The highest BCUT2D eigenvalue weighted by molar-refractivity contribution is 8.13. The van der Waals surface area contributed by atoms with E-state index in [2.05, 4.69) is 0 Å². The molecule has 0 fully saturated rings. The van der Waals surface area contributed by atoms with Crippen molar-refractivity contribution in [3.63, 3.8) is 0 Å². The number of amides is 1. The lowest BCUT2D eigenvalue weighted by Crippen LogP contribution is -2.39. The Morgan fingerprint density at radius 3 is 2.27 bits per heavy atom. The van der Waals surface area contributed by atoms with E-state index in [0.717, 1.165) is 0 Å². The largest absolute Gasteiger partial charge is 0.471 e. The van der Waals surface area contributed by atoms with E-state index in [1.807, 2.05) is 0 Å². The second-order valence-electron chi connectivity index (χ2n) is 3.02. The molecular weight excluding hydrogens is 259 g/mol. The minimum absolute atomic E-state index is 0.399. The summed E-state index contributed by atoms with van der Waals surface area (Å²) in [6, 6.07) is 0. The minimum Gasteiger partial charge on any atom is -0.348 e. The molecule has 1 atom stereocenters. The molecular formula is C6H9ClF3NO3S. The van der Waals surface area contributed by atoms with Crippen molar-refractivity contribution in [2.75, 3.05) is 12.3 Å². The zero-order chi connectivity index (χ0) is 12.3. The maximum absolute atomic E-state index is 11.7. The molecule has 0 saturated heterocycles. The molecule has 15 heavy (non-hydrogen) atoms. The number of alkyl halides is 3. The Balaban J connectivity index is 4.03. The summed E-state index contributed by atoms with van der Waals surface area (Å²) in [6.07, 6.45) is -4.96. The molecule has 0 aromatic heterocycles. The third-order valence-corrected chi connectivity index (χ3v) is 2.70. The van der Waals surface area contributed by atoms with Crippen LogP contribution in [0.15, 0.2) is 0 Å². The van der Waals surface area contributed by atoms with Gasteiger partial charge in [0.15, 0.2) is 0 Å². The quantitative estimate of drug-likeness (QED) is 0.769. The van der Waals surface area contributed by atoms with Gasteiger partial charge in [0.05, 0.1) is 5.75 Å². The predicted molar refractivity (Wildman–Crippen MR) is 47.9 cm³/mol. The molecule has 90 valence electrons. The average molecular weight is 268 g/mol. The highest BCUT2D eigenvalue weighted by Crippen LogP contribution is 2.14. The highest BCUT2D eigenvalue weighted by atomic mass is 35.7. The number of hydrogen-bond donors (Lipinski definition) is 1. The monoisotopic (exact) mass is 267 g/mol. The van der Waals surface area contributed by atoms with E-state index in [-0.39, 0.29) is 0 Å². The summed E-state index contributed by atoms with van der Waals surface area (Å²) < 4.78 is 56.1. The fraction of sp³-hybridized carbons (Fsp3) is 0.833. The zero-order valence-electron chi connectivity index (χ0n) is 7.64. The van der Waals surface area contributed by atoms with E-state index in [1.54, 1.807) is 5.32 Å². The summed E-state index contributed by atoms with van der Waals surface area (Å²) in [5.41, 5.74) is 0. The van der Waals surface area contributed by atoms with Crippen LogP contribution in [0.3, 0.4) is 0 Å². The fourth-order valence-corrected chi connectivity index (χ4v) is 2.21. The van der Waals surface area contributed by atoms with Crippen LogP contribution in [0.1, 0.15) is 6.92 Å². The van der Waals surface area contributed by atoms with Gasteiger partial charge in [-0.15, -0.1) is 0 Å². The summed E-state index contributed by atoms with van der Waals surface area (Å²) in [7, 11) is 1.10. The maximum atomic E-state index is 11.7. The van der Waals surface area contributed by atoms with E-state index in [1.165, 1.54) is 6.92 Å². The molecule has 0 spiro atoms. The summed E-state index contributed by atoms with van der Waals surface area (Å²) in [4.78, 5) is 10.3. The SMILES string of the molecule is CC(CNC(=O)C(F)(F)F)CS(=O)(=O)Cl. The van der Waals surface area contributed by atoms with Crippen LogP contribution in [-0.2, 0) is 13.8 Å². The molecule has 0 saturated carbocycles. The smallest absolute Gasteiger partial charge is 0.348 e. The molecule has 1 N–H and O–H groups in total. The normalized spacial score (nSPS) is 14.7. The van der Waals surface area contributed by atoms with Gasteiger partial charge >= 0.3 is 12.1 Å². The first-order valence-electron chi connectivity index (χ1n) is 3.79. The fourth-order valence-electron chi connectivity index (χ4n) is 0.766. The number of rotatable bonds is 4. The van der Waals surface area contributed by atoms with Gasteiger partial charge in [0, 0.05) is 17.2 Å². The third-order valence-electron chi connectivity index (χ3n) is 1.35. The molecule has 1 amide bonds. The van der Waals surface area contributed by atoms with Crippen LogP contribution < -0.4 is 5.32 Å². The van der Waals surface area contributed by atoms with Gasteiger partial charge in [-0.25, -0.2) is 8.42 Å². The Bertz CT molecular complexity index is 327. The van der Waals surface area contributed by atoms with Crippen molar-refractivity contribution in [2.24, 2.45) is 5.92 Å². The van der Waals surface area contributed by atoms with Gasteiger partial charge in [-0.2, -0.15) is 13.2 Å². The first-order valence-corrected chi connectivity index (χ1v) is 6.27. The van der Waals surface area contributed by atoms with Crippen molar-refractivity contribution in [1.29, 1.82) is 0 Å².